The van der Waals surface area contributed by atoms with Crippen molar-refractivity contribution in [3.05, 3.63) is 63.1 Å². The van der Waals surface area contributed by atoms with Crippen molar-refractivity contribution in [2.24, 2.45) is 17.6 Å². The normalized spacial score (nSPS) is 24.6. The molecule has 3 aliphatic rings. The third-order valence-electron chi connectivity index (χ3n) is 8.85. The maximum atomic E-state index is 14.1. The zero-order valence-electron chi connectivity index (χ0n) is 25.1. The molecule has 5 rings (SSSR count). The van der Waals surface area contributed by atoms with Crippen molar-refractivity contribution in [3.63, 3.8) is 0 Å². The number of primary amides is 1. The Morgan fingerprint density at radius 1 is 1.09 bits per heavy atom. The van der Waals surface area contributed by atoms with E-state index in [1.165, 1.54) is 17.2 Å². The van der Waals surface area contributed by atoms with E-state index in [4.69, 9.17) is 5.73 Å². The molecule has 44 heavy (non-hydrogen) atoms. The lowest BCUT2D eigenvalue weighted by Gasteiger charge is -2.50. The monoisotopic (exact) mass is 606 g/mol. The van der Waals surface area contributed by atoms with E-state index in [-0.39, 0.29) is 35.4 Å². The van der Waals surface area contributed by atoms with Gasteiger partial charge in [0, 0.05) is 31.3 Å². The minimum absolute atomic E-state index is 0.0169. The van der Waals surface area contributed by atoms with Gasteiger partial charge in [0.1, 0.15) is 22.8 Å². The number of aliphatic hydroxyl groups is 3. The number of fused-ring (bicyclic) bond motifs is 3. The Kier molecular flexibility index (Phi) is 7.25. The highest BCUT2D eigenvalue weighted by Gasteiger charge is 2.63. The van der Waals surface area contributed by atoms with Crippen molar-refractivity contribution < 1.29 is 39.6 Å². The van der Waals surface area contributed by atoms with Gasteiger partial charge in [-0.25, -0.2) is 4.98 Å². The SMILES string of the molecule is Cc1ncc(C(=O)Nc2cc(N(C)C)c3c(c2O)C(=O)C2=C(O)[C@]4(O)C(=O)C(C(N)=O)=C(O)[C@@H](N(C)C)C4CC2C3)nc1C. The van der Waals surface area contributed by atoms with Gasteiger partial charge in [0.05, 0.1) is 34.9 Å². The summed E-state index contributed by atoms with van der Waals surface area (Å²) in [7, 11) is 6.57. The number of carbonyl (C=O) groups excluding carboxylic acids is 4. The first-order valence-corrected chi connectivity index (χ1v) is 13.8. The number of anilines is 2. The molecule has 14 nitrogen and oxygen atoms in total. The molecule has 1 aromatic carbocycles. The van der Waals surface area contributed by atoms with Crippen LogP contribution in [0.5, 0.6) is 5.75 Å². The molecule has 14 heteroatoms. The molecule has 4 atom stereocenters. The van der Waals surface area contributed by atoms with E-state index in [0.717, 1.165) is 0 Å². The lowest BCUT2D eigenvalue weighted by Crippen LogP contribution is -2.63. The number of phenols is 1. The number of benzene rings is 1. The van der Waals surface area contributed by atoms with Gasteiger partial charge >= 0.3 is 0 Å². The van der Waals surface area contributed by atoms with E-state index in [1.807, 2.05) is 0 Å². The van der Waals surface area contributed by atoms with Gasteiger partial charge in [0.2, 0.25) is 5.78 Å². The number of amides is 2. The summed E-state index contributed by atoms with van der Waals surface area (Å²) in [5.74, 6) is -8.22. The zero-order valence-corrected chi connectivity index (χ0v) is 25.1. The number of allylic oxidation sites excluding steroid dienone is 1. The van der Waals surface area contributed by atoms with Crippen LogP contribution in [0, 0.1) is 25.7 Å². The van der Waals surface area contributed by atoms with Crippen LogP contribution in [0.2, 0.25) is 0 Å². The Balaban J connectivity index is 1.66. The molecular weight excluding hydrogens is 572 g/mol. The first-order valence-electron chi connectivity index (χ1n) is 13.8. The fraction of sp³-hybridized carbons (Fsp3) is 0.400. The number of nitrogens with one attached hydrogen (secondary N) is 1. The van der Waals surface area contributed by atoms with Crippen molar-refractivity contribution >= 4 is 34.8 Å². The number of Topliss-reactive ketones (excluding diaryl/α,β-unsaturated/α-hetero) is 2. The number of aromatic nitrogens is 2. The Morgan fingerprint density at radius 3 is 2.32 bits per heavy atom. The van der Waals surface area contributed by atoms with E-state index < -0.39 is 69.7 Å². The van der Waals surface area contributed by atoms with Crippen molar-refractivity contribution in [2.75, 3.05) is 38.4 Å². The Labute approximate surface area is 252 Å². The van der Waals surface area contributed by atoms with Crippen LogP contribution < -0.4 is 16.0 Å². The van der Waals surface area contributed by atoms with Gasteiger partial charge in [0.15, 0.2) is 17.1 Å². The maximum Gasteiger partial charge on any atom is 0.275 e. The Morgan fingerprint density at radius 2 is 1.75 bits per heavy atom. The fourth-order valence-electron chi connectivity index (χ4n) is 6.63. The van der Waals surface area contributed by atoms with Crippen molar-refractivity contribution in [1.29, 1.82) is 0 Å². The lowest BCUT2D eigenvalue weighted by molar-refractivity contribution is -0.148. The van der Waals surface area contributed by atoms with Crippen molar-refractivity contribution in [1.82, 2.24) is 14.9 Å². The predicted octanol–water partition coefficient (Wildman–Crippen LogP) is 0.846. The molecule has 1 heterocycles. The van der Waals surface area contributed by atoms with Crippen LogP contribution in [0.4, 0.5) is 11.4 Å². The molecule has 0 saturated carbocycles. The number of aliphatic hydroxyl groups excluding tert-OH is 2. The van der Waals surface area contributed by atoms with Crippen molar-refractivity contribution in [2.45, 2.75) is 38.3 Å². The van der Waals surface area contributed by atoms with Crippen LogP contribution in [0.15, 0.2) is 34.9 Å². The summed E-state index contributed by atoms with van der Waals surface area (Å²) >= 11 is 0. The standard InChI is InChI=1S/C30H34N6O8/c1-11-12(2)33-17(10-32-11)29(43)34-16-9-18(35(3)4)14-7-13-8-15-22(36(5)6)25(39)21(28(31)42)27(41)30(15,44)26(40)19(13)24(38)20(14)23(16)37/h9-10,13,15,22,37,39-40,44H,7-8H2,1-6H3,(H2,31,42)(H,34,43)/t13?,15?,22-,30-/m0/s1. The molecule has 232 valence electrons. The minimum Gasteiger partial charge on any atom is -0.510 e. The molecule has 0 bridgehead atoms. The Bertz CT molecular complexity index is 1730. The number of carbonyl (C=O) groups is 4. The first-order chi connectivity index (χ1) is 20.5. The number of hydrogen-bond donors (Lipinski definition) is 6. The number of phenolic OH excluding ortho intramolecular Hbond substituents is 1. The van der Waals surface area contributed by atoms with Gasteiger partial charge in [-0.15, -0.1) is 0 Å². The number of rotatable bonds is 5. The number of hydrogen-bond acceptors (Lipinski definition) is 12. The molecule has 3 aliphatic carbocycles. The average Bonchev–Trinajstić information content (AvgIpc) is 2.93. The van der Waals surface area contributed by atoms with Gasteiger partial charge in [-0.3, -0.25) is 29.1 Å². The highest BCUT2D eigenvalue weighted by Crippen LogP contribution is 2.54. The van der Waals surface area contributed by atoms with Crippen LogP contribution >= 0.6 is 0 Å². The molecule has 7 N–H and O–H groups in total. The molecule has 0 fully saturated rings. The molecule has 2 amide bonds. The van der Waals surface area contributed by atoms with E-state index >= 15 is 0 Å². The number of aromatic hydroxyl groups is 1. The first kappa shape index (κ1) is 30.6. The average molecular weight is 607 g/mol. The van der Waals surface area contributed by atoms with E-state index in [9.17, 15) is 39.6 Å². The molecule has 0 radical (unpaired) electrons. The molecule has 0 aliphatic heterocycles. The van der Waals surface area contributed by atoms with Crippen LogP contribution in [0.3, 0.4) is 0 Å². The highest BCUT2D eigenvalue weighted by molar-refractivity contribution is 6.25. The van der Waals surface area contributed by atoms with Crippen molar-refractivity contribution in [3.8, 4) is 5.75 Å². The second-order valence-electron chi connectivity index (χ2n) is 11.9. The summed E-state index contributed by atoms with van der Waals surface area (Å²) in [6.07, 6.45) is 1.35. The molecule has 1 aromatic heterocycles. The summed E-state index contributed by atoms with van der Waals surface area (Å²) in [6.45, 7) is 3.43. The third-order valence-corrected chi connectivity index (χ3v) is 8.85. The minimum atomic E-state index is -2.75. The number of nitrogens with two attached hydrogens (primary N) is 1. The molecule has 2 aromatic rings. The number of ketones is 2. The largest absolute Gasteiger partial charge is 0.510 e. The van der Waals surface area contributed by atoms with Crippen LogP contribution in [-0.2, 0) is 16.0 Å². The molecule has 0 saturated heterocycles. The second kappa shape index (κ2) is 10.4. The van der Waals surface area contributed by atoms with Gasteiger partial charge in [-0.1, -0.05) is 0 Å². The van der Waals surface area contributed by atoms with Crippen LogP contribution in [0.1, 0.15) is 44.2 Å². The van der Waals surface area contributed by atoms with Gasteiger partial charge in [-0.2, -0.15) is 0 Å². The second-order valence-corrected chi connectivity index (χ2v) is 11.9. The van der Waals surface area contributed by atoms with E-state index in [0.29, 0.717) is 22.6 Å². The number of nitrogens with zero attached hydrogens (tertiary/aromatic N) is 4. The summed E-state index contributed by atoms with van der Waals surface area (Å²) in [5, 5.41) is 48.2. The zero-order chi connectivity index (χ0) is 32.6. The quantitative estimate of drug-likeness (QED) is 0.206. The molecular formula is C30H34N6O8. The summed E-state index contributed by atoms with van der Waals surface area (Å²) in [6, 6.07) is 0.426. The lowest BCUT2D eigenvalue weighted by atomic mass is 9.58. The van der Waals surface area contributed by atoms with E-state index in [1.54, 1.807) is 46.9 Å². The van der Waals surface area contributed by atoms with Crippen LogP contribution in [0.25, 0.3) is 0 Å². The topological polar surface area (TPSA) is 220 Å². The third kappa shape index (κ3) is 4.32. The summed E-state index contributed by atoms with van der Waals surface area (Å²) in [5.41, 5.74) is 3.20. The highest BCUT2D eigenvalue weighted by atomic mass is 16.3. The molecule has 0 spiro atoms. The van der Waals surface area contributed by atoms with Gasteiger partial charge in [-0.05, 0) is 58.3 Å². The number of likely N-dealkylation sites (N-methyl/N-ethyl adjacent to an activating group) is 1. The smallest absolute Gasteiger partial charge is 0.275 e. The predicted molar refractivity (Wildman–Crippen MR) is 157 cm³/mol. The van der Waals surface area contributed by atoms with Crippen LogP contribution in [-0.4, -0.2) is 98.5 Å². The summed E-state index contributed by atoms with van der Waals surface area (Å²) in [4.78, 5) is 64.5. The summed E-state index contributed by atoms with van der Waals surface area (Å²) < 4.78 is 0. The fourth-order valence-corrected chi connectivity index (χ4v) is 6.63. The van der Waals surface area contributed by atoms with E-state index in [2.05, 4.69) is 15.3 Å². The Hall–Kier alpha value is -4.82. The number of aryl methyl sites for hydroxylation is 2. The maximum absolute atomic E-state index is 14.1. The van der Waals surface area contributed by atoms with Gasteiger partial charge < -0.3 is 36.4 Å². The molecule has 2 unspecified atom stereocenters. The van der Waals surface area contributed by atoms with Gasteiger partial charge in [0.25, 0.3) is 11.8 Å².